The number of aliphatic imine (C=N–C) groups is 4. The minimum Gasteiger partial charge on any atom is -0.370 e. The topological polar surface area (TPSA) is 352 Å². The number of aromatic nitrogens is 4. The van der Waals surface area contributed by atoms with Crippen LogP contribution in [0.2, 0.25) is 0 Å². The van der Waals surface area contributed by atoms with Crippen LogP contribution < -0.4 is 47.9 Å². The number of rotatable bonds is 21. The number of carbonyl (C=O) groups excluding carboxylic acids is 8. The van der Waals surface area contributed by atoms with Crippen molar-refractivity contribution in [2.45, 2.75) is 33.1 Å². The van der Waals surface area contributed by atoms with E-state index < -0.39 is 0 Å². The molecule has 0 saturated carbocycles. The number of likely N-dealkylation sites (N-methyl/N-ethyl adjacent to an activating group) is 1. The molecule has 8 amide bonds. The van der Waals surface area contributed by atoms with E-state index in [2.05, 4.69) is 175 Å². The molecule has 636 valence electrons. The van der Waals surface area contributed by atoms with Crippen LogP contribution in [-0.2, 0) is 0 Å². The van der Waals surface area contributed by atoms with Gasteiger partial charge in [0.15, 0.2) is 0 Å². The summed E-state index contributed by atoms with van der Waals surface area (Å²) in [6.45, 7) is 11.2. The molecule has 31 heteroatoms. The Balaban J connectivity index is 0.000000144. The second-order valence-electron chi connectivity index (χ2n) is 28.8. The van der Waals surface area contributed by atoms with Gasteiger partial charge in [-0.2, -0.15) is 0 Å². The lowest BCUT2D eigenvalue weighted by molar-refractivity contribution is 0.101. The fourth-order valence-electron chi connectivity index (χ4n) is 13.5. The van der Waals surface area contributed by atoms with Gasteiger partial charge in [-0.3, -0.25) is 58.3 Å². The number of halogens is 4. The van der Waals surface area contributed by atoms with Crippen molar-refractivity contribution in [3.8, 4) is 0 Å². The van der Waals surface area contributed by atoms with E-state index >= 15 is 0 Å². The van der Waals surface area contributed by atoms with Crippen molar-refractivity contribution < 1.29 is 38.4 Å². The van der Waals surface area contributed by atoms with Gasteiger partial charge >= 0.3 is 0 Å². The molecule has 4 aliphatic rings. The van der Waals surface area contributed by atoms with Crippen molar-refractivity contribution in [1.82, 2.24) is 35.1 Å². The quantitative estimate of drug-likeness (QED) is 0.0323. The molecule has 126 heavy (non-hydrogen) atoms. The number of nitrogens with one attached hydrogen (secondary N) is 9. The lowest BCUT2D eigenvalue weighted by Crippen LogP contribution is -2.32. The molecule has 0 aliphatic carbocycles. The lowest BCUT2D eigenvalue weighted by Gasteiger charge is -2.25. The maximum Gasteiger partial charge on any atom is 0.258 e. The number of hydrogen-bond acceptors (Lipinski definition) is 19. The summed E-state index contributed by atoms with van der Waals surface area (Å²) in [6, 6.07) is 70.7. The molecule has 16 rings (SSSR count). The molecule has 4 aliphatic heterocycles. The molecular weight excluding hydrogens is 1850 g/mol. The van der Waals surface area contributed by atoms with Crippen LogP contribution in [0.25, 0.3) is 0 Å². The van der Waals surface area contributed by atoms with E-state index in [0.717, 1.165) is 135 Å². The van der Waals surface area contributed by atoms with Gasteiger partial charge < -0.3 is 57.7 Å². The maximum atomic E-state index is 12.8. The first-order valence-corrected chi connectivity index (χ1v) is 43.5. The van der Waals surface area contributed by atoms with E-state index in [4.69, 9.17) is 0 Å². The van der Waals surface area contributed by atoms with E-state index in [9.17, 15) is 38.4 Å². The van der Waals surface area contributed by atoms with Crippen molar-refractivity contribution >= 4 is 180 Å². The zero-order chi connectivity index (χ0) is 88.4. The fourth-order valence-corrected chi connectivity index (χ4v) is 14.4. The first kappa shape index (κ1) is 89.9. The van der Waals surface area contributed by atoms with Crippen molar-refractivity contribution in [3.63, 3.8) is 0 Å². The lowest BCUT2D eigenvalue weighted by atomic mass is 9.97. The zero-order valence-corrected chi connectivity index (χ0v) is 74.9. The number of pyridine rings is 4. The molecule has 8 heterocycles. The second kappa shape index (κ2) is 43.9. The highest BCUT2D eigenvalue weighted by Gasteiger charge is 2.25. The average Bonchev–Trinajstić information content (AvgIpc) is 1.08. The number of carbonyl (C=O) groups is 8. The largest absolute Gasteiger partial charge is 0.370 e. The van der Waals surface area contributed by atoms with Crippen molar-refractivity contribution in [2.75, 3.05) is 102 Å². The van der Waals surface area contributed by atoms with Crippen LogP contribution >= 0.6 is 63.7 Å². The normalized spacial score (nSPS) is 13.6. The van der Waals surface area contributed by atoms with Crippen LogP contribution in [0, 0.1) is 5.92 Å². The summed E-state index contributed by atoms with van der Waals surface area (Å²) in [5, 5.41) is 25.6. The molecule has 0 spiro atoms. The third-order valence-corrected chi connectivity index (χ3v) is 21.9. The monoisotopic (exact) mass is 1940 g/mol. The smallest absolute Gasteiger partial charge is 0.258 e. The molecule has 1 atom stereocenters. The molecule has 0 fully saturated rings. The molecule has 0 bridgehead atoms. The van der Waals surface area contributed by atoms with Gasteiger partial charge in [0.2, 0.25) is 0 Å². The van der Waals surface area contributed by atoms with Crippen LogP contribution in [0.4, 0.5) is 46.0 Å². The molecule has 0 radical (unpaired) electrons. The standard InChI is InChI=1S/2C24H22BrN5O2.C24H21BrN4O2.C23H20BrN5O2/c1-30-14-4-13-26-22(30)16-7-9-17(10-8-16)23(31)28-20-6-3-2-5-19(20)24(32)29-21-12-11-18(25)15-27-21;1-2-30-14-13-26-22(30)16-7-9-17(10-8-16)23(31)28-20-6-4-3-5-19(20)24(32)29-21-12-11-18(25)15-27-21;1-15-12-13-26-22(15)16-6-8-17(9-7-16)23(30)28-20-5-3-2-4-19(20)24(31)29-21-11-10-18(25)14-27-21;24-17-10-11-20(27-14-17)29-23(31)18-4-1-2-5-19(18)28-22(30)16-8-6-15(7-9-16)21-25-12-3-13-26-21/h2-3,5-12,15H,4,13-14H2,1H3,(H,28,31)(H,27,29,32);3-12,15H,2,13-14H2,1H3,(H,28,31)(H,27,29,32);2-11,14-15H,12-13H2,1H3,(H,28,30)(H,27,29,31);1-2,4-11,14H,3,12-13H2,(H,25,26)(H,28,30)(H,27,29,31). The van der Waals surface area contributed by atoms with E-state index in [1.807, 2.05) is 55.6 Å². The van der Waals surface area contributed by atoms with Gasteiger partial charge in [0.25, 0.3) is 47.3 Å². The highest BCUT2D eigenvalue weighted by molar-refractivity contribution is 9.11. The number of benzene rings is 8. The molecule has 27 nitrogen and oxygen atoms in total. The van der Waals surface area contributed by atoms with Gasteiger partial charge in [-0.15, -0.1) is 0 Å². The van der Waals surface area contributed by atoms with Crippen molar-refractivity contribution in [2.24, 2.45) is 25.9 Å². The maximum absolute atomic E-state index is 12.8. The number of hydrogen-bond donors (Lipinski definition) is 9. The van der Waals surface area contributed by atoms with Crippen LogP contribution in [-0.4, -0.2) is 160 Å². The van der Waals surface area contributed by atoms with E-state index in [0.29, 0.717) is 96.4 Å². The Kier molecular flexibility index (Phi) is 31.3. The summed E-state index contributed by atoms with van der Waals surface area (Å²) >= 11 is 13.3. The van der Waals surface area contributed by atoms with Gasteiger partial charge in [0.05, 0.1) is 51.5 Å². The van der Waals surface area contributed by atoms with E-state index in [-0.39, 0.29) is 47.3 Å². The number of amidine groups is 3. The van der Waals surface area contributed by atoms with Gasteiger partial charge in [-0.25, -0.2) is 19.9 Å². The molecule has 4 aromatic heterocycles. The molecule has 1 unspecified atom stereocenters. The van der Waals surface area contributed by atoms with Crippen LogP contribution in [0.5, 0.6) is 0 Å². The fraction of sp³-hybridized carbons (Fsp3) is 0.158. The van der Waals surface area contributed by atoms with Crippen LogP contribution in [0.15, 0.2) is 305 Å². The van der Waals surface area contributed by atoms with Crippen LogP contribution in [0.1, 0.15) is 138 Å². The third kappa shape index (κ3) is 24.5. The molecule has 12 aromatic rings. The predicted octanol–water partition coefficient (Wildman–Crippen LogP) is 18.1. The number of amides is 8. The average molecular weight is 1940 g/mol. The summed E-state index contributed by atoms with van der Waals surface area (Å²) in [4.78, 5) is 141. The number of anilines is 8. The Hall–Kier alpha value is -13.9. The SMILES string of the molecule is CC1CCN=C1c1ccc(C(=O)Nc2ccccc2C(=O)Nc2ccc(Br)cn2)cc1.CCN1CCN=C1c1ccc(C(=O)Nc2ccccc2C(=O)Nc2ccc(Br)cn2)cc1.CN1CCCN=C1c1ccc(C(=O)Nc2ccccc2C(=O)Nc2ccc(Br)cn2)cc1.O=C(Nc1ccccc1C(=O)Nc1ccc(Br)cn1)c1ccc(C2=NCCCN2)cc1. The molecule has 8 aromatic carbocycles. The van der Waals surface area contributed by atoms with Gasteiger partial charge in [-0.05, 0) is 241 Å². The van der Waals surface area contributed by atoms with Gasteiger partial charge in [-0.1, -0.05) is 104 Å². The van der Waals surface area contributed by atoms with Gasteiger partial charge in [0.1, 0.15) is 40.8 Å². The Morgan fingerprint density at radius 3 is 1.00 bits per heavy atom. The first-order chi connectivity index (χ1) is 61.2. The number of para-hydroxylation sites is 4. The Bertz CT molecular complexity index is 6070. The number of nitrogens with zero attached hydrogens (tertiary/aromatic N) is 10. The summed E-state index contributed by atoms with van der Waals surface area (Å²) < 4.78 is 3.27. The van der Waals surface area contributed by atoms with Crippen molar-refractivity contribution in [3.05, 3.63) is 352 Å². The van der Waals surface area contributed by atoms with Gasteiger partial charge in [0, 0.05) is 146 Å². The highest BCUT2D eigenvalue weighted by atomic mass is 79.9. The van der Waals surface area contributed by atoms with Crippen molar-refractivity contribution in [1.29, 1.82) is 0 Å². The zero-order valence-electron chi connectivity index (χ0n) is 68.5. The van der Waals surface area contributed by atoms with E-state index in [1.165, 1.54) is 0 Å². The summed E-state index contributed by atoms with van der Waals surface area (Å²) in [5.41, 5.74) is 10.1. The minimum absolute atomic E-state index is 0.282. The first-order valence-electron chi connectivity index (χ1n) is 40.3. The predicted molar refractivity (Wildman–Crippen MR) is 509 cm³/mol. The second-order valence-corrected chi connectivity index (χ2v) is 32.5. The Morgan fingerprint density at radius 2 is 0.683 bits per heavy atom. The molecular formula is C95H85Br4N19O8. The van der Waals surface area contributed by atoms with E-state index in [1.54, 1.807) is 219 Å². The minimum atomic E-state index is -0.359. The molecule has 9 N–H and O–H groups in total. The summed E-state index contributed by atoms with van der Waals surface area (Å²) in [7, 11) is 2.02. The molecule has 0 saturated heterocycles. The summed E-state index contributed by atoms with van der Waals surface area (Å²) in [6.07, 6.45) is 9.53. The Morgan fingerprint density at radius 1 is 0.349 bits per heavy atom. The highest BCUT2D eigenvalue weighted by Crippen LogP contribution is 2.28. The Labute approximate surface area is 761 Å². The van der Waals surface area contributed by atoms with Crippen LogP contribution in [0.3, 0.4) is 0 Å². The third-order valence-electron chi connectivity index (χ3n) is 20.0. The summed E-state index contributed by atoms with van der Waals surface area (Å²) in [5.74, 6) is 2.28.